The highest BCUT2D eigenvalue weighted by atomic mass is 32.1. The first kappa shape index (κ1) is 13.4. The van der Waals surface area contributed by atoms with Gasteiger partial charge in [-0.2, -0.15) is 5.10 Å². The third-order valence-corrected chi connectivity index (χ3v) is 3.91. The number of carbonyl (C=O) groups is 1. The Hall–Kier alpha value is -2.61. The fourth-order valence-electron chi connectivity index (χ4n) is 1.81. The predicted octanol–water partition coefficient (Wildman–Crippen LogP) is 2.80. The van der Waals surface area contributed by atoms with Crippen molar-refractivity contribution in [3.63, 3.8) is 0 Å². The first-order chi connectivity index (χ1) is 10.1. The lowest BCUT2D eigenvalue weighted by Gasteiger charge is -2.05. The van der Waals surface area contributed by atoms with E-state index in [4.69, 9.17) is 5.73 Å². The first-order valence-corrected chi connectivity index (χ1v) is 6.64. The molecule has 3 rings (SSSR count). The molecule has 0 spiro atoms. The number of fused-ring (bicyclic) bond motifs is 1. The number of rotatable bonds is 2. The molecule has 0 unspecified atom stereocenters. The number of nitrogens with one attached hydrogen (secondary N) is 1. The van der Waals surface area contributed by atoms with Crippen LogP contribution in [0.15, 0.2) is 30.5 Å². The van der Waals surface area contributed by atoms with Gasteiger partial charge in [0.2, 0.25) is 0 Å². The number of benzene rings is 1. The number of hydrogen-bond acceptors (Lipinski definition) is 5. The van der Waals surface area contributed by atoms with Gasteiger partial charge in [0.1, 0.15) is 21.3 Å². The molecule has 2 aromatic heterocycles. The van der Waals surface area contributed by atoms with Gasteiger partial charge in [-0.25, -0.2) is 8.78 Å². The molecule has 1 aromatic carbocycles. The quantitative estimate of drug-likeness (QED) is 0.763. The van der Waals surface area contributed by atoms with E-state index >= 15 is 0 Å². The molecule has 0 aliphatic heterocycles. The molecule has 1 amide bonds. The van der Waals surface area contributed by atoms with Crippen molar-refractivity contribution in [1.29, 1.82) is 0 Å². The molecule has 0 atom stereocenters. The Labute approximate surface area is 121 Å². The van der Waals surface area contributed by atoms with Crippen LogP contribution in [0.5, 0.6) is 0 Å². The topological polar surface area (TPSA) is 80.9 Å². The third-order valence-electron chi connectivity index (χ3n) is 2.80. The lowest BCUT2D eigenvalue weighted by molar-refractivity contribution is 0.103. The molecular formula is C13H8F2N4OS. The lowest BCUT2D eigenvalue weighted by atomic mass is 10.2. The largest absolute Gasteiger partial charge is 0.397 e. The fraction of sp³-hybridized carbons (Fsp3) is 0. The van der Waals surface area contributed by atoms with Crippen molar-refractivity contribution in [2.75, 3.05) is 11.1 Å². The molecule has 2 heterocycles. The van der Waals surface area contributed by atoms with Crippen LogP contribution in [0.3, 0.4) is 0 Å². The van der Waals surface area contributed by atoms with E-state index in [-0.39, 0.29) is 16.3 Å². The second-order valence-corrected chi connectivity index (χ2v) is 5.17. The summed E-state index contributed by atoms with van der Waals surface area (Å²) in [5.41, 5.74) is 5.86. The minimum Gasteiger partial charge on any atom is -0.397 e. The van der Waals surface area contributed by atoms with Crippen molar-refractivity contribution in [2.45, 2.75) is 0 Å². The van der Waals surface area contributed by atoms with Gasteiger partial charge in [-0.1, -0.05) is 0 Å². The highest BCUT2D eigenvalue weighted by Gasteiger charge is 2.18. The highest BCUT2D eigenvalue weighted by Crippen LogP contribution is 2.32. The summed E-state index contributed by atoms with van der Waals surface area (Å²) in [5.74, 6) is -2.01. The van der Waals surface area contributed by atoms with Crippen molar-refractivity contribution in [3.05, 3.63) is 47.0 Å². The zero-order valence-electron chi connectivity index (χ0n) is 10.4. The zero-order chi connectivity index (χ0) is 15.0. The average Bonchev–Trinajstić information content (AvgIpc) is 2.81. The first-order valence-electron chi connectivity index (χ1n) is 5.82. The second kappa shape index (κ2) is 5.06. The molecule has 3 N–H and O–H groups in total. The summed E-state index contributed by atoms with van der Waals surface area (Å²) in [6, 6.07) is 4.43. The van der Waals surface area contributed by atoms with E-state index < -0.39 is 17.5 Å². The van der Waals surface area contributed by atoms with Gasteiger partial charge in [-0.3, -0.25) is 4.79 Å². The number of amides is 1. The summed E-state index contributed by atoms with van der Waals surface area (Å²) < 4.78 is 26.6. The highest BCUT2D eigenvalue weighted by molar-refractivity contribution is 7.21. The van der Waals surface area contributed by atoms with Crippen LogP contribution in [0, 0.1) is 11.6 Å². The van der Waals surface area contributed by atoms with Crippen LogP contribution < -0.4 is 11.1 Å². The van der Waals surface area contributed by atoms with Crippen LogP contribution in [0.4, 0.5) is 20.2 Å². The van der Waals surface area contributed by atoms with E-state index in [0.29, 0.717) is 10.2 Å². The standard InChI is InChI=1S/C13H8F2N4OS/c14-6-1-2-8(15)9(5-6)18-12(20)11-10(16)7-3-4-17-19-13(7)21-11/h1-5H,16H2,(H,18,20). The number of hydrogen-bond donors (Lipinski definition) is 2. The Kier molecular flexibility index (Phi) is 3.22. The number of aromatic nitrogens is 2. The summed E-state index contributed by atoms with van der Waals surface area (Å²) in [4.78, 5) is 12.8. The fourth-order valence-corrected chi connectivity index (χ4v) is 2.75. The average molecular weight is 306 g/mol. The van der Waals surface area contributed by atoms with Crippen LogP contribution in [-0.2, 0) is 0 Å². The summed E-state index contributed by atoms with van der Waals surface area (Å²) >= 11 is 1.03. The Morgan fingerprint density at radius 2 is 2.10 bits per heavy atom. The van der Waals surface area contributed by atoms with Gasteiger partial charge in [-0.15, -0.1) is 16.4 Å². The van der Waals surface area contributed by atoms with Crippen molar-refractivity contribution >= 4 is 38.8 Å². The molecule has 5 nitrogen and oxygen atoms in total. The van der Waals surface area contributed by atoms with Crippen molar-refractivity contribution in [3.8, 4) is 0 Å². The summed E-state index contributed by atoms with van der Waals surface area (Å²) in [6.07, 6.45) is 1.46. The molecule has 0 bridgehead atoms. The van der Waals surface area contributed by atoms with Gasteiger partial charge in [0.25, 0.3) is 5.91 Å². The van der Waals surface area contributed by atoms with Crippen LogP contribution in [-0.4, -0.2) is 16.1 Å². The zero-order valence-corrected chi connectivity index (χ0v) is 11.2. The van der Waals surface area contributed by atoms with E-state index in [1.165, 1.54) is 6.20 Å². The van der Waals surface area contributed by atoms with Gasteiger partial charge < -0.3 is 11.1 Å². The smallest absolute Gasteiger partial charge is 0.268 e. The normalized spacial score (nSPS) is 10.8. The van der Waals surface area contributed by atoms with Crippen LogP contribution in [0.25, 0.3) is 10.2 Å². The Morgan fingerprint density at radius 3 is 2.86 bits per heavy atom. The molecule has 0 saturated heterocycles. The van der Waals surface area contributed by atoms with Crippen molar-refractivity contribution in [1.82, 2.24) is 10.2 Å². The minimum absolute atomic E-state index is 0.175. The number of nitrogens with two attached hydrogens (primary N) is 1. The summed E-state index contributed by atoms with van der Waals surface area (Å²) in [7, 11) is 0. The maximum absolute atomic E-state index is 13.5. The SMILES string of the molecule is Nc1c(C(=O)Nc2cc(F)ccc2F)sc2nnccc12. The predicted molar refractivity (Wildman–Crippen MR) is 76.1 cm³/mol. The number of halogens is 2. The molecule has 0 aliphatic carbocycles. The number of anilines is 2. The summed E-state index contributed by atoms with van der Waals surface area (Å²) in [5, 5.41) is 10.5. The van der Waals surface area contributed by atoms with Crippen LogP contribution in [0.2, 0.25) is 0 Å². The molecule has 0 saturated carbocycles. The number of carbonyl (C=O) groups excluding carboxylic acids is 1. The van der Waals surface area contributed by atoms with Gasteiger partial charge in [0.05, 0.1) is 17.6 Å². The van der Waals surface area contributed by atoms with Gasteiger partial charge in [0.15, 0.2) is 0 Å². The third kappa shape index (κ3) is 2.40. The minimum atomic E-state index is -0.732. The summed E-state index contributed by atoms with van der Waals surface area (Å²) in [6.45, 7) is 0. The number of nitrogens with zero attached hydrogens (tertiary/aromatic N) is 2. The molecule has 21 heavy (non-hydrogen) atoms. The van der Waals surface area contributed by atoms with E-state index in [1.54, 1.807) is 6.07 Å². The van der Waals surface area contributed by atoms with Gasteiger partial charge >= 0.3 is 0 Å². The van der Waals surface area contributed by atoms with Gasteiger partial charge in [0, 0.05) is 11.5 Å². The molecule has 8 heteroatoms. The monoisotopic (exact) mass is 306 g/mol. The Morgan fingerprint density at radius 1 is 1.29 bits per heavy atom. The molecule has 0 radical (unpaired) electrons. The van der Waals surface area contributed by atoms with E-state index in [1.807, 2.05) is 0 Å². The number of thiophene rings is 1. The van der Waals surface area contributed by atoms with Crippen molar-refractivity contribution in [2.24, 2.45) is 0 Å². The second-order valence-electron chi connectivity index (χ2n) is 4.17. The molecule has 106 valence electrons. The Bertz CT molecular complexity index is 849. The maximum Gasteiger partial charge on any atom is 0.268 e. The molecule has 0 fully saturated rings. The van der Waals surface area contributed by atoms with Crippen LogP contribution in [0.1, 0.15) is 9.67 Å². The van der Waals surface area contributed by atoms with Crippen molar-refractivity contribution < 1.29 is 13.6 Å². The van der Waals surface area contributed by atoms with Crippen LogP contribution >= 0.6 is 11.3 Å². The molecular weight excluding hydrogens is 298 g/mol. The molecule has 0 aliphatic rings. The van der Waals surface area contributed by atoms with E-state index in [9.17, 15) is 13.6 Å². The lowest BCUT2D eigenvalue weighted by Crippen LogP contribution is -2.13. The van der Waals surface area contributed by atoms with Gasteiger partial charge in [-0.05, 0) is 18.2 Å². The maximum atomic E-state index is 13.5. The Balaban J connectivity index is 1.97. The van der Waals surface area contributed by atoms with E-state index in [2.05, 4.69) is 15.5 Å². The number of nitrogen functional groups attached to an aromatic ring is 1. The molecule has 3 aromatic rings. The van der Waals surface area contributed by atoms with E-state index in [0.717, 1.165) is 29.5 Å².